The van der Waals surface area contributed by atoms with Crippen LogP contribution in [0.4, 0.5) is 11.4 Å². The zero-order chi connectivity index (χ0) is 18.5. The highest BCUT2D eigenvalue weighted by Crippen LogP contribution is 2.27. The third-order valence-electron chi connectivity index (χ3n) is 4.71. The molecule has 2 aromatic rings. The van der Waals surface area contributed by atoms with Crippen molar-refractivity contribution >= 4 is 33.2 Å². The average molecular weight is 419 g/mol. The van der Waals surface area contributed by atoms with Crippen LogP contribution < -0.4 is 19.9 Å². The molecule has 3 rings (SSSR count). The molecule has 1 saturated heterocycles. The fourth-order valence-electron chi connectivity index (χ4n) is 3.27. The molecule has 0 unspecified atom stereocenters. The Morgan fingerprint density at radius 2 is 1.96 bits per heavy atom. The monoisotopic (exact) mass is 418 g/mol. The maximum Gasteiger partial charge on any atom is 0.279 e. The summed E-state index contributed by atoms with van der Waals surface area (Å²) in [5, 5.41) is 3.01. The Hall–Kier alpha value is -2.05. The van der Waals surface area contributed by atoms with Gasteiger partial charge in [0.2, 0.25) is 0 Å². The number of hydrogen-bond donors (Lipinski definition) is 2. The van der Waals surface area contributed by atoms with Gasteiger partial charge in [-0.1, -0.05) is 18.2 Å². The number of carbonyl (C=O) groups excluding carboxylic acids is 1. The van der Waals surface area contributed by atoms with Crippen LogP contribution in [0.25, 0.3) is 0 Å². The van der Waals surface area contributed by atoms with Gasteiger partial charge in [-0.15, -0.1) is 0 Å². The summed E-state index contributed by atoms with van der Waals surface area (Å²) < 4.78 is 6.38. The van der Waals surface area contributed by atoms with Crippen molar-refractivity contribution in [2.75, 3.05) is 50.1 Å². The van der Waals surface area contributed by atoms with Crippen molar-refractivity contribution in [2.24, 2.45) is 0 Å². The lowest BCUT2D eigenvalue weighted by Crippen LogP contribution is -3.15. The van der Waals surface area contributed by atoms with Crippen LogP contribution in [0.5, 0.6) is 5.75 Å². The molecule has 1 amide bonds. The lowest BCUT2D eigenvalue weighted by atomic mass is 10.2. The number of aryl methyl sites for hydroxylation is 1. The number of ether oxygens (including phenoxy) is 1. The second-order valence-corrected chi connectivity index (χ2v) is 7.47. The largest absolute Gasteiger partial charge is 0.495 e. The number of rotatable bonds is 5. The van der Waals surface area contributed by atoms with E-state index in [0.29, 0.717) is 6.54 Å². The van der Waals surface area contributed by atoms with Gasteiger partial charge in [0.1, 0.15) is 5.75 Å². The minimum absolute atomic E-state index is 0.0512. The van der Waals surface area contributed by atoms with Crippen LogP contribution >= 0.6 is 15.9 Å². The Balaban J connectivity index is 1.53. The van der Waals surface area contributed by atoms with Crippen molar-refractivity contribution in [1.82, 2.24) is 0 Å². The summed E-state index contributed by atoms with van der Waals surface area (Å²) >= 11 is 3.51. The molecule has 2 N–H and O–H groups in total. The molecule has 1 fully saturated rings. The number of benzene rings is 2. The molecule has 5 nitrogen and oxygen atoms in total. The molecule has 0 atom stereocenters. The first kappa shape index (κ1) is 18.7. The minimum atomic E-state index is 0.0512. The lowest BCUT2D eigenvalue weighted by Gasteiger charge is -2.34. The van der Waals surface area contributed by atoms with E-state index in [0.717, 1.165) is 53.3 Å². The third kappa shape index (κ3) is 4.56. The van der Waals surface area contributed by atoms with Crippen LogP contribution in [-0.2, 0) is 4.79 Å². The van der Waals surface area contributed by atoms with Crippen molar-refractivity contribution in [2.45, 2.75) is 6.92 Å². The average Bonchev–Trinajstić information content (AvgIpc) is 2.64. The highest BCUT2D eigenvalue weighted by molar-refractivity contribution is 9.10. The Morgan fingerprint density at radius 3 is 2.65 bits per heavy atom. The van der Waals surface area contributed by atoms with Gasteiger partial charge in [0.15, 0.2) is 6.54 Å². The molecule has 0 aromatic heterocycles. The molecule has 0 aliphatic carbocycles. The SMILES string of the molecule is COc1ccccc1N1CC[NH+](CC(=O)Nc2ccc(C)cc2Br)CC1. The molecular formula is C20H25BrN3O2+. The zero-order valence-corrected chi connectivity index (χ0v) is 16.8. The number of hydrogen-bond acceptors (Lipinski definition) is 3. The fraction of sp³-hybridized carbons (Fsp3) is 0.350. The van der Waals surface area contributed by atoms with Gasteiger partial charge in [-0.2, -0.15) is 0 Å². The number of anilines is 2. The first-order valence-corrected chi connectivity index (χ1v) is 9.63. The molecule has 0 bridgehead atoms. The summed E-state index contributed by atoms with van der Waals surface area (Å²) in [4.78, 5) is 16.0. The van der Waals surface area contributed by atoms with Crippen molar-refractivity contribution in [1.29, 1.82) is 0 Å². The van der Waals surface area contributed by atoms with Gasteiger partial charge in [0, 0.05) is 4.47 Å². The molecule has 1 aliphatic rings. The first-order chi connectivity index (χ1) is 12.6. The first-order valence-electron chi connectivity index (χ1n) is 8.84. The second-order valence-electron chi connectivity index (χ2n) is 6.62. The van der Waals surface area contributed by atoms with E-state index in [-0.39, 0.29) is 5.91 Å². The number of methoxy groups -OCH3 is 1. The maximum absolute atomic E-state index is 12.4. The van der Waals surface area contributed by atoms with Crippen LogP contribution in [0.15, 0.2) is 46.9 Å². The summed E-state index contributed by atoms with van der Waals surface area (Å²) in [6.45, 7) is 6.21. The number of amides is 1. The van der Waals surface area contributed by atoms with E-state index in [9.17, 15) is 4.79 Å². The van der Waals surface area contributed by atoms with Gasteiger partial charge in [-0.3, -0.25) is 4.79 Å². The molecule has 1 aliphatic heterocycles. The van der Waals surface area contributed by atoms with Crippen LogP contribution in [0.3, 0.4) is 0 Å². The van der Waals surface area contributed by atoms with Crippen LogP contribution in [0.1, 0.15) is 5.56 Å². The number of carbonyl (C=O) groups is 1. The van der Waals surface area contributed by atoms with E-state index < -0.39 is 0 Å². The van der Waals surface area contributed by atoms with E-state index >= 15 is 0 Å². The van der Waals surface area contributed by atoms with Gasteiger partial charge in [0.05, 0.1) is 44.7 Å². The maximum atomic E-state index is 12.4. The molecule has 6 heteroatoms. The van der Waals surface area contributed by atoms with E-state index in [1.54, 1.807) is 7.11 Å². The second kappa shape index (κ2) is 8.56. The number of nitrogens with zero attached hydrogens (tertiary/aromatic N) is 1. The standard InChI is InChI=1S/C20H24BrN3O2/c1-15-7-8-17(16(21)13-15)22-20(25)14-23-9-11-24(12-10-23)18-5-3-4-6-19(18)26-2/h3-8,13H,9-12,14H2,1-2H3,(H,22,25)/p+1. The van der Waals surface area contributed by atoms with Crippen molar-refractivity contribution in [3.63, 3.8) is 0 Å². The molecule has 138 valence electrons. The van der Waals surface area contributed by atoms with Crippen molar-refractivity contribution in [3.05, 3.63) is 52.5 Å². The lowest BCUT2D eigenvalue weighted by molar-refractivity contribution is -0.892. The Labute approximate surface area is 163 Å². The highest BCUT2D eigenvalue weighted by atomic mass is 79.9. The highest BCUT2D eigenvalue weighted by Gasteiger charge is 2.24. The predicted molar refractivity (Wildman–Crippen MR) is 108 cm³/mol. The van der Waals surface area contributed by atoms with Gasteiger partial charge < -0.3 is 19.9 Å². The molecule has 2 aromatic carbocycles. The number of halogens is 1. The van der Waals surface area contributed by atoms with Crippen LogP contribution in [0.2, 0.25) is 0 Å². The molecule has 1 heterocycles. The van der Waals surface area contributed by atoms with E-state index in [1.807, 2.05) is 43.3 Å². The van der Waals surface area contributed by atoms with Gasteiger partial charge >= 0.3 is 0 Å². The number of para-hydroxylation sites is 2. The molecule has 0 spiro atoms. The van der Waals surface area contributed by atoms with E-state index in [4.69, 9.17) is 4.74 Å². The van der Waals surface area contributed by atoms with E-state index in [1.165, 1.54) is 4.90 Å². The van der Waals surface area contributed by atoms with Gasteiger partial charge in [-0.25, -0.2) is 0 Å². The van der Waals surface area contributed by atoms with Crippen molar-refractivity contribution < 1.29 is 14.4 Å². The summed E-state index contributed by atoms with van der Waals surface area (Å²) in [7, 11) is 1.70. The summed E-state index contributed by atoms with van der Waals surface area (Å²) in [5.41, 5.74) is 3.11. The summed E-state index contributed by atoms with van der Waals surface area (Å²) in [6.07, 6.45) is 0. The Morgan fingerprint density at radius 1 is 1.23 bits per heavy atom. The smallest absolute Gasteiger partial charge is 0.279 e. The molecular weight excluding hydrogens is 394 g/mol. The van der Waals surface area contributed by atoms with Gasteiger partial charge in [-0.05, 0) is 52.7 Å². The van der Waals surface area contributed by atoms with Crippen LogP contribution in [0, 0.1) is 6.92 Å². The number of nitrogens with one attached hydrogen (secondary N) is 2. The quantitative estimate of drug-likeness (QED) is 0.781. The number of piperazine rings is 1. The third-order valence-corrected chi connectivity index (χ3v) is 5.36. The zero-order valence-electron chi connectivity index (χ0n) is 15.2. The van der Waals surface area contributed by atoms with Gasteiger partial charge in [0.25, 0.3) is 5.91 Å². The number of quaternary nitrogens is 1. The summed E-state index contributed by atoms with van der Waals surface area (Å²) in [6, 6.07) is 14.0. The normalized spacial score (nSPS) is 15.0. The van der Waals surface area contributed by atoms with Crippen molar-refractivity contribution in [3.8, 4) is 5.75 Å². The minimum Gasteiger partial charge on any atom is -0.495 e. The predicted octanol–water partition coefficient (Wildman–Crippen LogP) is 2.11. The molecule has 0 saturated carbocycles. The molecule has 0 radical (unpaired) electrons. The molecule has 26 heavy (non-hydrogen) atoms. The Kier molecular flexibility index (Phi) is 6.16. The Bertz CT molecular complexity index is 773. The van der Waals surface area contributed by atoms with Crippen LogP contribution in [-0.4, -0.2) is 45.7 Å². The topological polar surface area (TPSA) is 46.0 Å². The summed E-state index contributed by atoms with van der Waals surface area (Å²) in [5.74, 6) is 0.952. The fourth-order valence-corrected chi connectivity index (χ4v) is 3.87. The van der Waals surface area contributed by atoms with E-state index in [2.05, 4.69) is 32.2 Å².